The number of hydrogen-bond acceptors (Lipinski definition) is 7. The van der Waals surface area contributed by atoms with Crippen LogP contribution in [0.4, 0.5) is 14.9 Å². The zero-order valence-corrected chi connectivity index (χ0v) is 22.4. The summed E-state index contributed by atoms with van der Waals surface area (Å²) in [6, 6.07) is 12.5. The molecule has 1 atom stereocenters. The smallest absolute Gasteiger partial charge is 0.328 e. The number of pyridine rings is 1. The fourth-order valence-corrected chi connectivity index (χ4v) is 5.89. The van der Waals surface area contributed by atoms with Crippen LogP contribution in [0.3, 0.4) is 0 Å². The van der Waals surface area contributed by atoms with Crippen LogP contribution in [0, 0.1) is 11.2 Å². The molecule has 2 aromatic carbocycles. The summed E-state index contributed by atoms with van der Waals surface area (Å²) >= 11 is 0. The third-order valence-electron chi connectivity index (χ3n) is 8.21. The van der Waals surface area contributed by atoms with Crippen molar-refractivity contribution in [2.24, 2.45) is 5.41 Å². The zero-order chi connectivity index (χ0) is 28.1. The Balaban J connectivity index is 1.24. The van der Waals surface area contributed by atoms with Gasteiger partial charge in [-0.05, 0) is 24.1 Å². The molecule has 4 heterocycles. The third-order valence-corrected chi connectivity index (χ3v) is 8.21. The van der Waals surface area contributed by atoms with Gasteiger partial charge in [0.2, 0.25) is 5.91 Å². The summed E-state index contributed by atoms with van der Waals surface area (Å²) < 4.78 is 21.2. The maximum atomic E-state index is 16.1. The molecule has 2 aliphatic heterocycles. The summed E-state index contributed by atoms with van der Waals surface area (Å²) in [5.74, 6) is -0.893. The number of benzene rings is 2. The Labute approximate surface area is 230 Å². The number of aromatic nitrogens is 2. The molecule has 0 saturated carbocycles. The van der Waals surface area contributed by atoms with Crippen LogP contribution in [-0.4, -0.2) is 51.5 Å². The maximum absolute atomic E-state index is 16.1. The lowest BCUT2D eigenvalue weighted by Gasteiger charge is -2.50. The molecule has 0 aliphatic carbocycles. The standard InChI is InChI=1S/C30H30FN5O4/c1-29(2)17-35(15-19-3-5-20(6-4-19)25-16-40-18-33-25)12-10-30(29,39)23-7-8-24-22(27(23)31)13-21(14-32-24)36-11-9-26(37)34-28(36)38/h3-8,13-14,16,18,39H,9-12,15,17H2,1-2H3,(H,34,37,38)/t30-/m1/s1. The maximum Gasteiger partial charge on any atom is 0.328 e. The van der Waals surface area contributed by atoms with Crippen LogP contribution in [0.25, 0.3) is 22.2 Å². The average molecular weight is 544 g/mol. The molecule has 40 heavy (non-hydrogen) atoms. The number of carbonyl (C=O) groups excluding carboxylic acids is 2. The van der Waals surface area contributed by atoms with Crippen LogP contribution >= 0.6 is 0 Å². The molecule has 2 saturated heterocycles. The Morgan fingerprint density at radius 1 is 1.10 bits per heavy atom. The number of anilines is 1. The minimum absolute atomic E-state index is 0.155. The van der Waals surface area contributed by atoms with Gasteiger partial charge in [-0.1, -0.05) is 44.2 Å². The van der Waals surface area contributed by atoms with E-state index in [0.717, 1.165) is 16.8 Å². The molecule has 0 bridgehead atoms. The first-order valence-corrected chi connectivity index (χ1v) is 13.3. The normalized spacial score (nSPS) is 21.6. The van der Waals surface area contributed by atoms with Gasteiger partial charge in [0.05, 0.1) is 23.0 Å². The number of amides is 3. The number of carbonyl (C=O) groups is 2. The molecule has 3 amide bonds. The van der Waals surface area contributed by atoms with Gasteiger partial charge in [-0.2, -0.15) is 0 Å². The highest BCUT2D eigenvalue weighted by Gasteiger charge is 2.50. The van der Waals surface area contributed by atoms with Gasteiger partial charge in [0.25, 0.3) is 0 Å². The lowest BCUT2D eigenvalue weighted by molar-refractivity contribution is -0.128. The summed E-state index contributed by atoms with van der Waals surface area (Å²) in [5.41, 5.74) is 1.85. The molecular weight excluding hydrogens is 513 g/mol. The molecule has 2 aliphatic rings. The van der Waals surface area contributed by atoms with Crippen molar-refractivity contribution in [2.75, 3.05) is 24.5 Å². The van der Waals surface area contributed by atoms with E-state index < -0.39 is 22.9 Å². The summed E-state index contributed by atoms with van der Waals surface area (Å²) in [6.45, 7) is 5.96. The summed E-state index contributed by atoms with van der Waals surface area (Å²) in [6.07, 6.45) is 5.01. The highest BCUT2D eigenvalue weighted by atomic mass is 19.1. The first-order chi connectivity index (χ1) is 19.1. The summed E-state index contributed by atoms with van der Waals surface area (Å²) in [4.78, 5) is 36.1. The van der Waals surface area contributed by atoms with Crippen LogP contribution in [0.15, 0.2) is 65.7 Å². The van der Waals surface area contributed by atoms with Gasteiger partial charge in [0, 0.05) is 54.5 Å². The van der Waals surface area contributed by atoms with E-state index in [1.165, 1.54) is 17.5 Å². The number of nitrogens with zero attached hydrogens (tertiary/aromatic N) is 4. The van der Waals surface area contributed by atoms with Gasteiger partial charge in [0.15, 0.2) is 6.39 Å². The Kier molecular flexibility index (Phi) is 6.39. The third kappa shape index (κ3) is 4.52. The van der Waals surface area contributed by atoms with Crippen LogP contribution in [0.2, 0.25) is 0 Å². The number of oxazole rings is 1. The minimum Gasteiger partial charge on any atom is -0.451 e. The number of aliphatic hydroxyl groups is 1. The number of hydrogen-bond donors (Lipinski definition) is 2. The molecule has 6 rings (SSSR count). The lowest BCUT2D eigenvalue weighted by Crippen LogP contribution is -2.55. The minimum atomic E-state index is -1.41. The largest absolute Gasteiger partial charge is 0.451 e. The van der Waals surface area contributed by atoms with Crippen LogP contribution in [0.5, 0.6) is 0 Å². The predicted molar refractivity (Wildman–Crippen MR) is 147 cm³/mol. The fourth-order valence-electron chi connectivity index (χ4n) is 5.89. The van der Waals surface area contributed by atoms with Crippen LogP contribution < -0.4 is 10.2 Å². The van der Waals surface area contributed by atoms with E-state index in [2.05, 4.69) is 32.3 Å². The van der Waals surface area contributed by atoms with Crippen molar-refractivity contribution in [3.05, 3.63) is 78.3 Å². The SMILES string of the molecule is CC1(C)CN(Cc2ccc(-c3cocn3)cc2)CC[C@@]1(O)c1ccc2ncc(N3CCC(=O)NC3=O)cc2c1F. The molecule has 9 nitrogen and oxygen atoms in total. The topological polar surface area (TPSA) is 112 Å². The molecule has 2 N–H and O–H groups in total. The Bertz CT molecular complexity index is 1590. The molecule has 4 aromatic rings. The molecule has 2 aromatic heterocycles. The van der Waals surface area contributed by atoms with E-state index in [0.29, 0.717) is 37.3 Å². The van der Waals surface area contributed by atoms with Gasteiger partial charge in [-0.3, -0.25) is 24.9 Å². The number of likely N-dealkylation sites (tertiary alicyclic amines) is 1. The lowest BCUT2D eigenvalue weighted by atomic mass is 9.66. The first-order valence-electron chi connectivity index (χ1n) is 13.3. The fraction of sp³-hybridized carbons (Fsp3) is 0.333. The number of urea groups is 1. The van der Waals surface area contributed by atoms with Crippen molar-refractivity contribution in [3.63, 3.8) is 0 Å². The van der Waals surface area contributed by atoms with E-state index in [-0.39, 0.29) is 29.8 Å². The Morgan fingerprint density at radius 2 is 1.90 bits per heavy atom. The molecule has 10 heteroatoms. The highest BCUT2D eigenvalue weighted by molar-refractivity contribution is 6.06. The molecular formula is C30H30FN5O4. The predicted octanol–water partition coefficient (Wildman–Crippen LogP) is 4.59. The van der Waals surface area contributed by atoms with Crippen molar-refractivity contribution < 1.29 is 23.5 Å². The molecule has 0 unspecified atom stereocenters. The van der Waals surface area contributed by atoms with Gasteiger partial charge < -0.3 is 9.52 Å². The Morgan fingerprint density at radius 3 is 2.60 bits per heavy atom. The zero-order valence-electron chi connectivity index (χ0n) is 22.4. The van der Waals surface area contributed by atoms with Gasteiger partial charge in [-0.15, -0.1) is 0 Å². The molecule has 206 valence electrons. The number of fused-ring (bicyclic) bond motifs is 1. The summed E-state index contributed by atoms with van der Waals surface area (Å²) in [7, 11) is 0. The molecule has 0 spiro atoms. The van der Waals surface area contributed by atoms with Crippen molar-refractivity contribution in [3.8, 4) is 11.3 Å². The monoisotopic (exact) mass is 543 g/mol. The summed E-state index contributed by atoms with van der Waals surface area (Å²) in [5, 5.41) is 14.5. The average Bonchev–Trinajstić information content (AvgIpc) is 3.47. The molecule has 0 radical (unpaired) electrons. The van der Waals surface area contributed by atoms with E-state index >= 15 is 4.39 Å². The van der Waals surface area contributed by atoms with Crippen LogP contribution in [-0.2, 0) is 16.9 Å². The second-order valence-corrected chi connectivity index (χ2v) is 11.2. The van der Waals surface area contributed by atoms with E-state index in [1.54, 1.807) is 24.5 Å². The number of piperidine rings is 1. The first kappa shape index (κ1) is 26.1. The second-order valence-electron chi connectivity index (χ2n) is 11.2. The van der Waals surface area contributed by atoms with E-state index in [1.807, 2.05) is 26.0 Å². The van der Waals surface area contributed by atoms with Gasteiger partial charge in [0.1, 0.15) is 17.8 Å². The van der Waals surface area contributed by atoms with Crippen molar-refractivity contribution in [1.29, 1.82) is 0 Å². The number of rotatable bonds is 5. The Hall–Kier alpha value is -4.15. The van der Waals surface area contributed by atoms with E-state index in [4.69, 9.17) is 4.42 Å². The van der Waals surface area contributed by atoms with Gasteiger partial charge in [-0.25, -0.2) is 14.2 Å². The van der Waals surface area contributed by atoms with Crippen molar-refractivity contribution in [2.45, 2.75) is 38.8 Å². The number of imide groups is 1. The van der Waals surface area contributed by atoms with E-state index in [9.17, 15) is 14.7 Å². The quantitative estimate of drug-likeness (QED) is 0.379. The van der Waals surface area contributed by atoms with Gasteiger partial charge >= 0.3 is 6.03 Å². The molecule has 2 fully saturated rings. The second kappa shape index (κ2) is 9.79. The number of halogens is 1. The van der Waals surface area contributed by atoms with Crippen molar-refractivity contribution >= 4 is 28.5 Å². The highest BCUT2D eigenvalue weighted by Crippen LogP contribution is 2.48. The number of nitrogens with one attached hydrogen (secondary N) is 1. The van der Waals surface area contributed by atoms with Crippen molar-refractivity contribution in [1.82, 2.24) is 20.2 Å². The van der Waals surface area contributed by atoms with Crippen LogP contribution in [0.1, 0.15) is 37.8 Å².